The Hall–Kier alpha value is -1.39. The van der Waals surface area contributed by atoms with Crippen molar-refractivity contribution in [3.8, 4) is 0 Å². The lowest BCUT2D eigenvalue weighted by Gasteiger charge is -1.81. The molecule has 68 valence electrons. The van der Waals surface area contributed by atoms with Crippen LogP contribution in [0.1, 0.15) is 0 Å². The molecule has 1 N–H and O–H groups in total. The third kappa shape index (κ3) is 3.23. The number of aromatic amines is 1. The van der Waals surface area contributed by atoms with Gasteiger partial charge in [0, 0.05) is 12.4 Å². The predicted octanol–water partition coefficient (Wildman–Crippen LogP) is 3.05. The van der Waals surface area contributed by atoms with Crippen LogP contribution in [0.2, 0.25) is 0 Å². The third-order valence-corrected chi connectivity index (χ3v) is 1.47. The van der Waals surface area contributed by atoms with E-state index in [1.54, 1.807) is 0 Å². The average molecular weight is 185 g/mol. The number of H-pyrrole nitrogens is 1. The van der Waals surface area contributed by atoms with Gasteiger partial charge in [0.2, 0.25) is 0 Å². The van der Waals surface area contributed by atoms with Gasteiger partial charge >= 0.3 is 7.54 Å². The van der Waals surface area contributed by atoms with Gasteiger partial charge in [-0.1, -0.05) is 24.3 Å². The van der Waals surface area contributed by atoms with Gasteiger partial charge in [0.15, 0.2) is 0 Å². The summed E-state index contributed by atoms with van der Waals surface area (Å²) < 4.78 is 29.0. The molecule has 2 rings (SSSR count). The van der Waals surface area contributed by atoms with Crippen molar-refractivity contribution in [2.75, 3.05) is 0 Å². The zero-order valence-electron chi connectivity index (χ0n) is 6.68. The average Bonchev–Trinajstić information content (AvgIpc) is 2.49. The van der Waals surface area contributed by atoms with Crippen LogP contribution in [0.3, 0.4) is 0 Å². The Bertz CT molecular complexity index is 328. The zero-order valence-corrected chi connectivity index (χ0v) is 6.68. The molecule has 0 aliphatic heterocycles. The van der Waals surface area contributed by atoms with E-state index in [4.69, 9.17) is 0 Å². The molecular formula is C8H7BF3N. The number of rotatable bonds is 0. The Labute approximate surface area is 73.8 Å². The molecule has 1 heterocycles. The van der Waals surface area contributed by atoms with Gasteiger partial charge in [-0.3, -0.25) is 12.9 Å². The zero-order chi connectivity index (χ0) is 9.68. The van der Waals surface area contributed by atoms with Gasteiger partial charge in [0.25, 0.3) is 0 Å². The highest BCUT2D eigenvalue weighted by Gasteiger charge is 2.06. The molecule has 0 atom stereocenters. The predicted molar refractivity (Wildman–Crippen MR) is 47.4 cm³/mol. The second-order valence-electron chi connectivity index (χ2n) is 2.33. The first-order valence-corrected chi connectivity index (χ1v) is 3.64. The van der Waals surface area contributed by atoms with E-state index in [1.807, 2.05) is 24.5 Å². The molecule has 0 saturated carbocycles. The quantitative estimate of drug-likeness (QED) is 0.607. The highest BCUT2D eigenvalue weighted by molar-refractivity contribution is 6.33. The van der Waals surface area contributed by atoms with Gasteiger partial charge in [0.05, 0.1) is 0 Å². The topological polar surface area (TPSA) is 15.8 Å². The van der Waals surface area contributed by atoms with Crippen LogP contribution in [0.15, 0.2) is 36.7 Å². The van der Waals surface area contributed by atoms with Crippen molar-refractivity contribution in [1.82, 2.24) is 4.98 Å². The van der Waals surface area contributed by atoms with Gasteiger partial charge in [-0.2, -0.15) is 0 Å². The highest BCUT2D eigenvalue weighted by atomic mass is 19.4. The minimum absolute atomic E-state index is 1.28. The lowest BCUT2D eigenvalue weighted by molar-refractivity contribution is 0.535. The summed E-state index contributed by atoms with van der Waals surface area (Å²) in [6.45, 7) is 0. The summed E-state index contributed by atoms with van der Waals surface area (Å²) >= 11 is 0. The van der Waals surface area contributed by atoms with Crippen LogP contribution >= 0.6 is 0 Å². The van der Waals surface area contributed by atoms with E-state index in [0.717, 1.165) is 0 Å². The molecule has 0 aliphatic carbocycles. The van der Waals surface area contributed by atoms with E-state index in [2.05, 4.69) is 17.1 Å². The largest absolute Gasteiger partial charge is 0.762 e. The molecule has 1 aromatic carbocycles. The molecule has 0 aliphatic rings. The van der Waals surface area contributed by atoms with E-state index in [9.17, 15) is 12.9 Å². The van der Waals surface area contributed by atoms with Crippen molar-refractivity contribution in [3.05, 3.63) is 36.7 Å². The standard InChI is InChI=1S/C8H7N.BF3/c1-2-4-8-6-9-5-7(8)3-1;2-1(3)4/h1-6,9H;. The van der Waals surface area contributed by atoms with Crippen LogP contribution in [0.5, 0.6) is 0 Å². The summed E-state index contributed by atoms with van der Waals surface area (Å²) in [7, 11) is -3.67. The first-order valence-electron chi connectivity index (χ1n) is 3.64. The fraction of sp³-hybridized carbons (Fsp3) is 0. The summed E-state index contributed by atoms with van der Waals surface area (Å²) in [4.78, 5) is 3.04. The Morgan fingerprint density at radius 1 is 0.923 bits per heavy atom. The molecular weight excluding hydrogens is 178 g/mol. The fourth-order valence-corrected chi connectivity index (χ4v) is 0.995. The van der Waals surface area contributed by atoms with Crippen LogP contribution in [0.4, 0.5) is 12.9 Å². The number of fused-ring (bicyclic) bond motifs is 1. The maximum absolute atomic E-state index is 9.67. The Morgan fingerprint density at radius 2 is 1.31 bits per heavy atom. The van der Waals surface area contributed by atoms with Crippen LogP contribution in [-0.2, 0) is 0 Å². The van der Waals surface area contributed by atoms with Crippen molar-refractivity contribution in [2.45, 2.75) is 0 Å². The maximum atomic E-state index is 9.67. The highest BCUT2D eigenvalue weighted by Crippen LogP contribution is 2.10. The first-order chi connectivity index (χ1) is 6.20. The molecule has 1 aromatic heterocycles. The molecule has 13 heavy (non-hydrogen) atoms. The van der Waals surface area contributed by atoms with Gasteiger partial charge in [0.1, 0.15) is 0 Å². The van der Waals surface area contributed by atoms with Gasteiger partial charge in [-0.15, -0.1) is 0 Å². The van der Waals surface area contributed by atoms with Gasteiger partial charge in [-0.25, -0.2) is 0 Å². The number of hydrogen-bond donors (Lipinski definition) is 1. The lowest BCUT2D eigenvalue weighted by atomic mass is 10.2. The van der Waals surface area contributed by atoms with Crippen molar-refractivity contribution < 1.29 is 12.9 Å². The minimum Gasteiger partial charge on any atom is -0.366 e. The normalized spacial score (nSPS) is 9.15. The summed E-state index contributed by atoms with van der Waals surface area (Å²) in [5.74, 6) is 0. The molecule has 2 aromatic rings. The van der Waals surface area contributed by atoms with Gasteiger partial charge < -0.3 is 4.98 Å². The van der Waals surface area contributed by atoms with Crippen LogP contribution in [-0.4, -0.2) is 12.5 Å². The molecule has 0 spiro atoms. The van der Waals surface area contributed by atoms with Crippen LogP contribution in [0.25, 0.3) is 10.8 Å². The van der Waals surface area contributed by atoms with Crippen LogP contribution in [0, 0.1) is 0 Å². The molecule has 0 unspecified atom stereocenters. The second kappa shape index (κ2) is 4.59. The molecule has 0 amide bonds. The monoisotopic (exact) mass is 185 g/mol. The van der Waals surface area contributed by atoms with Gasteiger partial charge in [-0.05, 0) is 10.8 Å². The molecule has 0 fully saturated rings. The van der Waals surface area contributed by atoms with E-state index >= 15 is 0 Å². The summed E-state index contributed by atoms with van der Waals surface area (Å²) in [6.07, 6.45) is 3.99. The molecule has 0 saturated heterocycles. The molecule has 0 bridgehead atoms. The number of halogens is 3. The molecule has 5 heteroatoms. The minimum atomic E-state index is -3.67. The first kappa shape index (κ1) is 9.70. The van der Waals surface area contributed by atoms with E-state index in [1.165, 1.54) is 10.8 Å². The summed E-state index contributed by atoms with van der Waals surface area (Å²) in [6, 6.07) is 8.25. The third-order valence-electron chi connectivity index (χ3n) is 1.47. The number of hydrogen-bond acceptors (Lipinski definition) is 0. The lowest BCUT2D eigenvalue weighted by Crippen LogP contribution is -1.76. The second-order valence-corrected chi connectivity index (χ2v) is 2.33. The summed E-state index contributed by atoms with van der Waals surface area (Å²) in [5.41, 5.74) is 0. The van der Waals surface area contributed by atoms with Crippen molar-refractivity contribution in [3.63, 3.8) is 0 Å². The Morgan fingerprint density at radius 3 is 1.69 bits per heavy atom. The Kier molecular flexibility index (Phi) is 3.43. The SMILES string of the molecule is FB(F)F.c1ccc2c[nH]cc2c1. The Balaban J connectivity index is 0.000000184. The number of benzene rings is 1. The smallest absolute Gasteiger partial charge is 0.366 e. The number of nitrogens with one attached hydrogen (secondary N) is 1. The van der Waals surface area contributed by atoms with E-state index in [-0.39, 0.29) is 0 Å². The fourth-order valence-electron chi connectivity index (χ4n) is 0.995. The summed E-state index contributed by atoms with van der Waals surface area (Å²) in [5, 5.41) is 2.55. The number of aromatic nitrogens is 1. The molecule has 1 nitrogen and oxygen atoms in total. The van der Waals surface area contributed by atoms with Crippen molar-refractivity contribution in [1.29, 1.82) is 0 Å². The maximum Gasteiger partial charge on any atom is 0.762 e. The van der Waals surface area contributed by atoms with Crippen LogP contribution < -0.4 is 0 Å². The van der Waals surface area contributed by atoms with Crippen molar-refractivity contribution >= 4 is 18.3 Å². The molecule has 0 radical (unpaired) electrons. The van der Waals surface area contributed by atoms with Crippen molar-refractivity contribution in [2.24, 2.45) is 0 Å². The van der Waals surface area contributed by atoms with E-state index in [0.29, 0.717) is 0 Å². The van der Waals surface area contributed by atoms with E-state index < -0.39 is 7.54 Å².